The Kier molecular flexibility index (Phi) is 7.42. The van der Waals surface area contributed by atoms with E-state index in [0.29, 0.717) is 6.04 Å². The lowest BCUT2D eigenvalue weighted by atomic mass is 10.1. The average Bonchev–Trinajstić information content (AvgIpc) is 2.05. The predicted molar refractivity (Wildman–Crippen MR) is 48.0 cm³/mol. The fourth-order valence-electron chi connectivity index (χ4n) is 1.17. The van der Waals surface area contributed by atoms with Crippen molar-refractivity contribution in [2.24, 2.45) is 5.11 Å². The van der Waals surface area contributed by atoms with E-state index in [1.165, 1.54) is 25.7 Å². The molecule has 0 saturated carbocycles. The first-order chi connectivity index (χ1) is 5.35. The highest BCUT2D eigenvalue weighted by Gasteiger charge is 2.01. The van der Waals surface area contributed by atoms with Crippen LogP contribution in [0.4, 0.5) is 0 Å². The first kappa shape index (κ1) is 10.6. The van der Waals surface area contributed by atoms with Gasteiger partial charge < -0.3 is 0 Å². The molecule has 0 spiro atoms. The predicted octanol–water partition coefficient (Wildman–Crippen LogP) is 3.77. The Bertz CT molecular complexity index is 91.6. The number of hydrogen-bond acceptors (Lipinski definition) is 2. The molecule has 1 N–H and O–H groups in total. The molecule has 66 valence electrons. The molecule has 1 unspecified atom stereocenters. The molecule has 0 aromatic rings. The van der Waals surface area contributed by atoms with Gasteiger partial charge in [-0.1, -0.05) is 39.5 Å². The van der Waals surface area contributed by atoms with E-state index in [0.717, 1.165) is 12.8 Å². The van der Waals surface area contributed by atoms with E-state index in [1.807, 2.05) is 0 Å². The highest BCUT2D eigenvalue weighted by Crippen LogP contribution is 2.10. The molecule has 11 heavy (non-hydrogen) atoms. The normalized spacial score (nSPS) is 12.9. The van der Waals surface area contributed by atoms with Crippen LogP contribution in [-0.4, -0.2) is 6.04 Å². The van der Waals surface area contributed by atoms with Crippen LogP contribution in [0.1, 0.15) is 52.4 Å². The molecular formula is C9H20N2. The minimum Gasteiger partial charge on any atom is -0.210 e. The van der Waals surface area contributed by atoms with Gasteiger partial charge in [-0.2, -0.15) is 5.11 Å². The first-order valence-corrected chi connectivity index (χ1v) is 4.71. The fourth-order valence-corrected chi connectivity index (χ4v) is 1.17. The van der Waals surface area contributed by atoms with Gasteiger partial charge in [-0.05, 0) is 12.8 Å². The second-order valence-corrected chi connectivity index (χ2v) is 3.04. The van der Waals surface area contributed by atoms with Gasteiger partial charge in [0.25, 0.3) is 0 Å². The zero-order valence-corrected chi connectivity index (χ0v) is 7.77. The molecule has 1 atom stereocenters. The van der Waals surface area contributed by atoms with Gasteiger partial charge in [0.2, 0.25) is 0 Å². The minimum absolute atomic E-state index is 0.298. The molecular weight excluding hydrogens is 136 g/mol. The lowest BCUT2D eigenvalue weighted by molar-refractivity contribution is 0.516. The monoisotopic (exact) mass is 156 g/mol. The molecule has 2 heteroatoms. The van der Waals surface area contributed by atoms with E-state index >= 15 is 0 Å². The minimum atomic E-state index is 0.298. The Hall–Kier alpha value is -0.400. The van der Waals surface area contributed by atoms with Crippen LogP contribution in [0.25, 0.3) is 0 Å². The molecule has 0 amide bonds. The summed E-state index contributed by atoms with van der Waals surface area (Å²) in [5.41, 5.74) is 6.87. The van der Waals surface area contributed by atoms with Crippen molar-refractivity contribution in [2.45, 2.75) is 58.4 Å². The lowest BCUT2D eigenvalue weighted by Crippen LogP contribution is -2.00. The van der Waals surface area contributed by atoms with Crippen LogP contribution in [-0.2, 0) is 0 Å². The van der Waals surface area contributed by atoms with E-state index in [9.17, 15) is 0 Å². The quantitative estimate of drug-likeness (QED) is 0.430. The van der Waals surface area contributed by atoms with Crippen molar-refractivity contribution in [1.82, 2.24) is 0 Å². The SMILES string of the molecule is CCCCCCC(CC)N=N. The number of unbranched alkanes of at least 4 members (excludes halogenated alkanes) is 3. The molecule has 0 bridgehead atoms. The van der Waals surface area contributed by atoms with Crippen LogP contribution < -0.4 is 0 Å². The zero-order valence-electron chi connectivity index (χ0n) is 7.77. The number of nitrogens with zero attached hydrogens (tertiary/aromatic N) is 1. The van der Waals surface area contributed by atoms with Gasteiger partial charge in [-0.3, -0.25) is 0 Å². The van der Waals surface area contributed by atoms with Crippen molar-refractivity contribution in [2.75, 3.05) is 0 Å². The second kappa shape index (κ2) is 7.70. The Morgan fingerprint density at radius 3 is 2.36 bits per heavy atom. The van der Waals surface area contributed by atoms with Crippen LogP contribution >= 0.6 is 0 Å². The average molecular weight is 156 g/mol. The Labute approximate surface area is 69.9 Å². The van der Waals surface area contributed by atoms with Crippen molar-refractivity contribution in [3.63, 3.8) is 0 Å². The number of hydrogen-bond donors (Lipinski definition) is 1. The van der Waals surface area contributed by atoms with Crippen LogP contribution in [0.3, 0.4) is 0 Å². The highest BCUT2D eigenvalue weighted by molar-refractivity contribution is 4.60. The van der Waals surface area contributed by atoms with Crippen LogP contribution in [0.5, 0.6) is 0 Å². The summed E-state index contributed by atoms with van der Waals surface area (Å²) in [6, 6.07) is 0.298. The largest absolute Gasteiger partial charge is 0.210 e. The molecule has 0 saturated heterocycles. The van der Waals surface area contributed by atoms with Gasteiger partial charge in [0.1, 0.15) is 0 Å². The number of rotatable bonds is 7. The first-order valence-electron chi connectivity index (χ1n) is 4.71. The summed E-state index contributed by atoms with van der Waals surface area (Å²) < 4.78 is 0. The maximum absolute atomic E-state index is 6.87. The van der Waals surface area contributed by atoms with Crippen molar-refractivity contribution in [3.05, 3.63) is 0 Å². The third kappa shape index (κ3) is 6.02. The summed E-state index contributed by atoms with van der Waals surface area (Å²) in [5, 5.41) is 3.55. The summed E-state index contributed by atoms with van der Waals surface area (Å²) in [4.78, 5) is 0. The topological polar surface area (TPSA) is 36.2 Å². The summed E-state index contributed by atoms with van der Waals surface area (Å²) in [6.45, 7) is 4.31. The smallest absolute Gasteiger partial charge is 0.0703 e. The Morgan fingerprint density at radius 1 is 1.18 bits per heavy atom. The summed E-state index contributed by atoms with van der Waals surface area (Å²) >= 11 is 0. The molecule has 0 aliphatic carbocycles. The van der Waals surface area contributed by atoms with Crippen molar-refractivity contribution in [3.8, 4) is 0 Å². The van der Waals surface area contributed by atoms with Gasteiger partial charge in [0.05, 0.1) is 6.04 Å². The van der Waals surface area contributed by atoms with Crippen LogP contribution in [0, 0.1) is 5.53 Å². The zero-order chi connectivity index (χ0) is 8.53. The van der Waals surface area contributed by atoms with Crippen molar-refractivity contribution in [1.29, 1.82) is 5.53 Å². The molecule has 0 fully saturated rings. The van der Waals surface area contributed by atoms with E-state index < -0.39 is 0 Å². The Morgan fingerprint density at radius 2 is 1.91 bits per heavy atom. The van der Waals surface area contributed by atoms with Crippen molar-refractivity contribution < 1.29 is 0 Å². The summed E-state index contributed by atoms with van der Waals surface area (Å²) in [6.07, 6.45) is 7.30. The van der Waals surface area contributed by atoms with Gasteiger partial charge in [0.15, 0.2) is 0 Å². The van der Waals surface area contributed by atoms with Crippen LogP contribution in [0.15, 0.2) is 5.11 Å². The third-order valence-electron chi connectivity index (χ3n) is 2.04. The fraction of sp³-hybridized carbons (Fsp3) is 1.00. The lowest BCUT2D eigenvalue weighted by Gasteiger charge is -2.05. The van der Waals surface area contributed by atoms with Gasteiger partial charge in [-0.15, -0.1) is 0 Å². The maximum atomic E-state index is 6.87. The standard InChI is InChI=1S/C9H20N2/c1-3-5-6-7-8-9(4-2)11-10/h9-10H,3-8H2,1-2H3. The highest BCUT2D eigenvalue weighted by atomic mass is 15.0. The van der Waals surface area contributed by atoms with E-state index in [2.05, 4.69) is 19.0 Å². The van der Waals surface area contributed by atoms with E-state index in [4.69, 9.17) is 5.53 Å². The molecule has 0 aromatic carbocycles. The molecule has 0 heterocycles. The van der Waals surface area contributed by atoms with Crippen LogP contribution in [0.2, 0.25) is 0 Å². The van der Waals surface area contributed by atoms with E-state index in [1.54, 1.807) is 0 Å². The maximum Gasteiger partial charge on any atom is 0.0703 e. The van der Waals surface area contributed by atoms with Gasteiger partial charge in [0, 0.05) is 0 Å². The number of nitrogens with one attached hydrogen (secondary N) is 1. The Balaban J connectivity index is 3.14. The molecule has 2 nitrogen and oxygen atoms in total. The molecule has 0 rings (SSSR count). The molecule has 0 radical (unpaired) electrons. The molecule has 0 aliphatic rings. The molecule has 0 aromatic heterocycles. The molecule has 0 aliphatic heterocycles. The summed E-state index contributed by atoms with van der Waals surface area (Å²) in [7, 11) is 0. The van der Waals surface area contributed by atoms with E-state index in [-0.39, 0.29) is 0 Å². The van der Waals surface area contributed by atoms with Gasteiger partial charge in [-0.25, -0.2) is 5.53 Å². The summed E-state index contributed by atoms with van der Waals surface area (Å²) in [5.74, 6) is 0. The second-order valence-electron chi connectivity index (χ2n) is 3.04. The van der Waals surface area contributed by atoms with Gasteiger partial charge >= 0.3 is 0 Å². The van der Waals surface area contributed by atoms with Crippen molar-refractivity contribution >= 4 is 0 Å². The third-order valence-corrected chi connectivity index (χ3v) is 2.04.